The Kier molecular flexibility index (Phi) is 4.84. The lowest BCUT2D eigenvalue weighted by Gasteiger charge is -2.29. The normalized spacial score (nSPS) is 14.9. The molecule has 20 heavy (non-hydrogen) atoms. The predicted molar refractivity (Wildman–Crippen MR) is 85.5 cm³/mol. The molecule has 0 atom stereocenters. The average molecular weight is 276 g/mol. The van der Waals surface area contributed by atoms with E-state index in [0.29, 0.717) is 12.0 Å². The molecule has 1 aliphatic carbocycles. The lowest BCUT2D eigenvalue weighted by molar-refractivity contribution is 0.630. The molecular formula is C16H28N4. The van der Waals surface area contributed by atoms with Crippen LogP contribution in [0, 0.1) is 5.92 Å². The van der Waals surface area contributed by atoms with Gasteiger partial charge < -0.3 is 10.2 Å². The van der Waals surface area contributed by atoms with Crippen LogP contribution in [0.1, 0.15) is 59.2 Å². The van der Waals surface area contributed by atoms with Gasteiger partial charge in [-0.3, -0.25) is 0 Å². The van der Waals surface area contributed by atoms with Crippen molar-refractivity contribution >= 4 is 11.6 Å². The monoisotopic (exact) mass is 276 g/mol. The van der Waals surface area contributed by atoms with E-state index in [1.807, 2.05) is 0 Å². The van der Waals surface area contributed by atoms with Crippen LogP contribution in [0.5, 0.6) is 0 Å². The highest BCUT2D eigenvalue weighted by molar-refractivity contribution is 5.50. The number of aromatic nitrogens is 2. The molecule has 0 saturated heterocycles. The molecule has 4 nitrogen and oxygen atoms in total. The summed E-state index contributed by atoms with van der Waals surface area (Å²) in [6, 6.07) is 2.57. The Balaban J connectivity index is 2.30. The minimum absolute atomic E-state index is 0.349. The topological polar surface area (TPSA) is 41.0 Å². The average Bonchev–Trinajstić information content (AvgIpc) is 3.19. The maximum Gasteiger partial charge on any atom is 0.135 e. The second-order valence-electron chi connectivity index (χ2n) is 6.34. The molecule has 1 N–H and O–H groups in total. The largest absolute Gasteiger partial charge is 0.370 e. The van der Waals surface area contributed by atoms with E-state index in [4.69, 9.17) is 4.98 Å². The van der Waals surface area contributed by atoms with Crippen molar-refractivity contribution in [3.63, 3.8) is 0 Å². The minimum Gasteiger partial charge on any atom is -0.370 e. The van der Waals surface area contributed by atoms with Gasteiger partial charge in [0.15, 0.2) is 0 Å². The van der Waals surface area contributed by atoms with Crippen LogP contribution in [-0.2, 0) is 0 Å². The third kappa shape index (κ3) is 3.84. The third-order valence-corrected chi connectivity index (χ3v) is 3.67. The summed E-state index contributed by atoms with van der Waals surface area (Å²) >= 11 is 0. The maximum absolute atomic E-state index is 4.79. The van der Waals surface area contributed by atoms with Gasteiger partial charge in [0.2, 0.25) is 0 Å². The number of nitrogens with zero attached hydrogens (tertiary/aromatic N) is 3. The molecule has 0 bridgehead atoms. The van der Waals surface area contributed by atoms with E-state index >= 15 is 0 Å². The molecule has 0 radical (unpaired) electrons. The van der Waals surface area contributed by atoms with Gasteiger partial charge in [-0.1, -0.05) is 13.8 Å². The van der Waals surface area contributed by atoms with E-state index in [2.05, 4.69) is 55.9 Å². The van der Waals surface area contributed by atoms with Gasteiger partial charge in [0.05, 0.1) is 0 Å². The van der Waals surface area contributed by atoms with Crippen molar-refractivity contribution in [2.24, 2.45) is 5.92 Å². The molecule has 1 saturated carbocycles. The molecule has 1 fully saturated rings. The molecule has 0 aliphatic heterocycles. The summed E-state index contributed by atoms with van der Waals surface area (Å²) in [4.78, 5) is 11.8. The van der Waals surface area contributed by atoms with Crippen LogP contribution in [0.15, 0.2) is 6.07 Å². The van der Waals surface area contributed by atoms with Gasteiger partial charge in [0, 0.05) is 31.1 Å². The highest BCUT2D eigenvalue weighted by Crippen LogP contribution is 2.32. The number of hydrogen-bond acceptors (Lipinski definition) is 4. The molecule has 1 aromatic heterocycles. The molecule has 0 spiro atoms. The Bertz CT molecular complexity index is 438. The number of nitrogens with one attached hydrogen (secondary N) is 1. The predicted octanol–water partition coefficient (Wildman–Crippen LogP) is 3.66. The first kappa shape index (κ1) is 15.1. The van der Waals surface area contributed by atoms with E-state index in [9.17, 15) is 0 Å². The molecule has 1 heterocycles. The quantitative estimate of drug-likeness (QED) is 0.825. The highest BCUT2D eigenvalue weighted by Gasteiger charge is 2.26. The lowest BCUT2D eigenvalue weighted by atomic mass is 10.2. The van der Waals surface area contributed by atoms with Crippen molar-refractivity contribution < 1.29 is 0 Å². The molecular weight excluding hydrogens is 248 g/mol. The van der Waals surface area contributed by atoms with Crippen LogP contribution in [0.25, 0.3) is 0 Å². The van der Waals surface area contributed by atoms with Crippen molar-refractivity contribution in [3.05, 3.63) is 11.9 Å². The van der Waals surface area contributed by atoms with Crippen molar-refractivity contribution in [2.45, 2.75) is 59.4 Å². The van der Waals surface area contributed by atoms with Gasteiger partial charge in [0.25, 0.3) is 0 Å². The standard InChI is InChI=1S/C16H28N4/c1-6-17-14-9-15(19-16(18-14)11(2)3)20(12(4)5)10-13-7-8-13/h9,11-13H,6-8,10H2,1-5H3,(H,17,18,19). The maximum atomic E-state index is 4.79. The lowest BCUT2D eigenvalue weighted by Crippen LogP contribution is -2.34. The van der Waals surface area contributed by atoms with Crippen LogP contribution in [0.3, 0.4) is 0 Å². The van der Waals surface area contributed by atoms with Gasteiger partial charge >= 0.3 is 0 Å². The molecule has 1 aromatic rings. The number of anilines is 2. The summed E-state index contributed by atoms with van der Waals surface area (Å²) in [5, 5.41) is 3.33. The molecule has 0 aromatic carbocycles. The number of rotatable bonds is 7. The summed E-state index contributed by atoms with van der Waals surface area (Å²) in [5.41, 5.74) is 0. The minimum atomic E-state index is 0.349. The van der Waals surface area contributed by atoms with Crippen molar-refractivity contribution in [1.29, 1.82) is 0 Å². The fourth-order valence-corrected chi connectivity index (χ4v) is 2.28. The number of hydrogen-bond donors (Lipinski definition) is 1. The fourth-order valence-electron chi connectivity index (χ4n) is 2.28. The smallest absolute Gasteiger partial charge is 0.135 e. The summed E-state index contributed by atoms with van der Waals surface area (Å²) in [6.45, 7) is 12.9. The third-order valence-electron chi connectivity index (χ3n) is 3.67. The van der Waals surface area contributed by atoms with Gasteiger partial charge in [-0.25, -0.2) is 9.97 Å². The van der Waals surface area contributed by atoms with E-state index in [1.165, 1.54) is 12.8 Å². The Morgan fingerprint density at radius 3 is 2.45 bits per heavy atom. The SMILES string of the molecule is CCNc1cc(N(CC2CC2)C(C)C)nc(C(C)C)n1. The summed E-state index contributed by atoms with van der Waals surface area (Å²) < 4.78 is 0. The van der Waals surface area contributed by atoms with Gasteiger partial charge in [-0.15, -0.1) is 0 Å². The summed E-state index contributed by atoms with van der Waals surface area (Å²) in [5.74, 6) is 4.16. The first-order chi connectivity index (χ1) is 9.51. The Morgan fingerprint density at radius 2 is 1.95 bits per heavy atom. The van der Waals surface area contributed by atoms with Crippen molar-refractivity contribution in [1.82, 2.24) is 9.97 Å². The van der Waals surface area contributed by atoms with E-state index in [0.717, 1.165) is 36.5 Å². The van der Waals surface area contributed by atoms with E-state index in [-0.39, 0.29) is 0 Å². The Labute approximate surface area is 123 Å². The zero-order chi connectivity index (χ0) is 14.7. The van der Waals surface area contributed by atoms with Crippen LogP contribution in [-0.4, -0.2) is 29.1 Å². The summed E-state index contributed by atoms with van der Waals surface area (Å²) in [6.07, 6.45) is 2.73. The molecule has 112 valence electrons. The Hall–Kier alpha value is -1.32. The van der Waals surface area contributed by atoms with Gasteiger partial charge in [0.1, 0.15) is 17.5 Å². The fraction of sp³-hybridized carbons (Fsp3) is 0.750. The molecule has 0 amide bonds. The summed E-state index contributed by atoms with van der Waals surface area (Å²) in [7, 11) is 0. The van der Waals surface area contributed by atoms with E-state index in [1.54, 1.807) is 0 Å². The second kappa shape index (κ2) is 6.42. The first-order valence-corrected chi connectivity index (χ1v) is 7.90. The molecule has 2 rings (SSSR count). The van der Waals surface area contributed by atoms with E-state index < -0.39 is 0 Å². The van der Waals surface area contributed by atoms with Gasteiger partial charge in [-0.2, -0.15) is 0 Å². The van der Waals surface area contributed by atoms with Crippen molar-refractivity contribution in [3.8, 4) is 0 Å². The Morgan fingerprint density at radius 1 is 1.25 bits per heavy atom. The molecule has 0 unspecified atom stereocenters. The zero-order valence-electron chi connectivity index (χ0n) is 13.5. The van der Waals surface area contributed by atoms with Gasteiger partial charge in [-0.05, 0) is 39.5 Å². The molecule has 1 aliphatic rings. The molecule has 4 heteroatoms. The van der Waals surface area contributed by atoms with Crippen LogP contribution >= 0.6 is 0 Å². The first-order valence-electron chi connectivity index (χ1n) is 7.90. The second-order valence-corrected chi connectivity index (χ2v) is 6.34. The van der Waals surface area contributed by atoms with Crippen LogP contribution < -0.4 is 10.2 Å². The highest BCUT2D eigenvalue weighted by atomic mass is 15.2. The zero-order valence-corrected chi connectivity index (χ0v) is 13.5. The van der Waals surface area contributed by atoms with Crippen molar-refractivity contribution in [2.75, 3.05) is 23.3 Å². The van der Waals surface area contributed by atoms with Crippen LogP contribution in [0.4, 0.5) is 11.6 Å². The van der Waals surface area contributed by atoms with Crippen LogP contribution in [0.2, 0.25) is 0 Å².